The lowest BCUT2D eigenvalue weighted by Gasteiger charge is -2.32. The molecule has 3 aliphatic heterocycles. The molecule has 5 heterocycles. The number of carbonyl (C=O) groups excluding carboxylic acids is 9. The van der Waals surface area contributed by atoms with E-state index < -0.39 is 110 Å². The van der Waals surface area contributed by atoms with Crippen molar-refractivity contribution in [3.8, 4) is 11.4 Å². The lowest BCUT2D eigenvalue weighted by atomic mass is 9.81. The second-order valence-electron chi connectivity index (χ2n) is 18.1. The molecule has 0 spiro atoms. The smallest absolute Gasteiger partial charge is 0.407 e. The van der Waals surface area contributed by atoms with E-state index in [1.807, 2.05) is 4.57 Å². The number of nitrogens with zero attached hydrogens (tertiary/aromatic N) is 3. The van der Waals surface area contributed by atoms with Gasteiger partial charge in [-0.2, -0.15) is 0 Å². The fourth-order valence-corrected chi connectivity index (χ4v) is 9.75. The van der Waals surface area contributed by atoms with Crippen LogP contribution in [-0.2, 0) is 88.9 Å². The quantitative estimate of drug-likeness (QED) is 0.0165. The summed E-state index contributed by atoms with van der Waals surface area (Å²) >= 11 is 5.90. The van der Waals surface area contributed by atoms with E-state index in [4.69, 9.17) is 36.1 Å². The Hall–Kier alpha value is -8.00. The van der Waals surface area contributed by atoms with Gasteiger partial charge in [0.05, 0.1) is 62.3 Å². The van der Waals surface area contributed by atoms with Crippen molar-refractivity contribution in [3.63, 3.8) is 0 Å². The minimum Gasteiger partial charge on any atom is -0.458 e. The molecular weight excluding hydrogens is 1010 g/mol. The number of rotatable bonds is 22. The molecule has 4 aromatic rings. The second kappa shape index (κ2) is 23.7. The number of amides is 8. The molecule has 7 N–H and O–H groups in total. The first kappa shape index (κ1) is 54.3. The molecule has 8 rings (SSSR count). The van der Waals surface area contributed by atoms with Crippen LogP contribution in [0.25, 0.3) is 22.3 Å². The summed E-state index contributed by atoms with van der Waals surface area (Å²) in [5.41, 5.74) is 3.69. The number of nitrogens with one attached hydrogen (secondary N) is 6. The number of fused-ring (bicyclic) bond motifs is 5. The van der Waals surface area contributed by atoms with E-state index in [1.54, 1.807) is 50.2 Å². The number of cyclic esters (lactones) is 1. The van der Waals surface area contributed by atoms with E-state index in [1.165, 1.54) is 6.07 Å². The standard InChI is InChI=1S/C51H54FN9O14S/c1-3-51(71)32-18-37-46-30(23-61(37)48(76)31(32)24-75-49(51)69)45-34(10-9-29-27(2)33(52)19-35(59-46)44(29)45)57-41(65)25-73-26-56-39(63)20-54-47(68)36(17-28-7-5-4-6-8-28)58-40(64)22-53-38(62)21-55-50(70)74-16-15-72-14-13-60-42(66)11-12-43(60)67/h4-8,11-12,18-19,34,36,71H,3,9-10,13-17,20-26H2,1-2H3,(H,53,62)(H,54,68)(H,55,70)(H,56,63)(H,57,65)(H,58,64)/t34?,36-,51-/m0/s1. The number of halogens is 1. The zero-order valence-electron chi connectivity index (χ0n) is 41.3. The van der Waals surface area contributed by atoms with Gasteiger partial charge in [0.15, 0.2) is 5.60 Å². The predicted molar refractivity (Wildman–Crippen MR) is 266 cm³/mol. The number of aliphatic hydroxyl groups is 1. The Morgan fingerprint density at radius 2 is 1.62 bits per heavy atom. The van der Waals surface area contributed by atoms with Gasteiger partial charge in [-0.05, 0) is 54.5 Å². The maximum atomic E-state index is 15.4. The van der Waals surface area contributed by atoms with E-state index in [9.17, 15) is 48.3 Å². The third kappa shape index (κ3) is 11.9. The molecule has 25 heteroatoms. The predicted octanol–water partition coefficient (Wildman–Crippen LogP) is 0.718. The van der Waals surface area contributed by atoms with Crippen LogP contribution in [0.1, 0.15) is 64.8 Å². The molecule has 76 heavy (non-hydrogen) atoms. The molecule has 400 valence electrons. The minimum absolute atomic E-state index is 0.0232. The molecule has 0 saturated carbocycles. The molecule has 0 radical (unpaired) electrons. The number of carbonyl (C=O) groups is 9. The molecule has 8 amide bonds. The van der Waals surface area contributed by atoms with Gasteiger partial charge in [-0.1, -0.05) is 49.5 Å². The Balaban J connectivity index is 0.795. The fourth-order valence-electron chi connectivity index (χ4n) is 9.42. The molecule has 2 aromatic heterocycles. The Labute approximate surface area is 438 Å². The number of benzene rings is 2. The summed E-state index contributed by atoms with van der Waals surface area (Å²) < 4.78 is 38.6. The summed E-state index contributed by atoms with van der Waals surface area (Å²) in [5, 5.41) is 27.2. The highest BCUT2D eigenvalue weighted by molar-refractivity contribution is 7.71. The van der Waals surface area contributed by atoms with Gasteiger partial charge in [-0.15, -0.1) is 0 Å². The first-order valence-electron chi connectivity index (χ1n) is 24.3. The lowest BCUT2D eigenvalue weighted by molar-refractivity contribution is -0.172. The van der Waals surface area contributed by atoms with Gasteiger partial charge in [0.2, 0.25) is 29.5 Å². The van der Waals surface area contributed by atoms with Crippen LogP contribution in [0.3, 0.4) is 0 Å². The number of ether oxygens (including phenoxy) is 4. The summed E-state index contributed by atoms with van der Waals surface area (Å²) in [6, 6.07) is 10.0. The van der Waals surface area contributed by atoms with Crippen molar-refractivity contribution >= 4 is 76.5 Å². The largest absolute Gasteiger partial charge is 0.458 e. The molecule has 2 aromatic carbocycles. The second-order valence-corrected chi connectivity index (χ2v) is 18.5. The van der Waals surface area contributed by atoms with Crippen molar-refractivity contribution in [2.75, 3.05) is 59.3 Å². The van der Waals surface area contributed by atoms with Crippen molar-refractivity contribution in [1.82, 2.24) is 46.4 Å². The van der Waals surface area contributed by atoms with Crippen LogP contribution in [0.5, 0.6) is 0 Å². The highest BCUT2D eigenvalue weighted by Crippen LogP contribution is 2.47. The lowest BCUT2D eigenvalue weighted by Crippen LogP contribution is -2.52. The average Bonchev–Trinajstić information content (AvgIpc) is 4.02. The van der Waals surface area contributed by atoms with Crippen molar-refractivity contribution in [2.24, 2.45) is 0 Å². The summed E-state index contributed by atoms with van der Waals surface area (Å²) in [7, 11) is 0. The number of hydrogen-bond donors (Lipinski definition) is 7. The van der Waals surface area contributed by atoms with Crippen molar-refractivity contribution in [3.05, 3.63) is 104 Å². The van der Waals surface area contributed by atoms with E-state index >= 15 is 4.39 Å². The van der Waals surface area contributed by atoms with Gasteiger partial charge in [0.25, 0.3) is 11.8 Å². The SMILES string of the molecule is CC[C@@]1(O)C(=O)OCc2c1cc1n(c2=S)Cc2c-1nc1cc(F)c(C)c3c1c2C(NC(=O)COCNC(=O)CNC(=O)[C@H](Cc1ccccc1)NC(=O)CNC(=O)CNC(=O)OCCOCCN1C(=O)C=CC1=O)CC3. The molecule has 4 aliphatic rings. The number of esters is 1. The van der Waals surface area contributed by atoms with Gasteiger partial charge in [0.1, 0.15) is 49.6 Å². The third-order valence-electron chi connectivity index (χ3n) is 13.3. The van der Waals surface area contributed by atoms with Crippen LogP contribution >= 0.6 is 12.2 Å². The number of pyridine rings is 2. The summed E-state index contributed by atoms with van der Waals surface area (Å²) in [6.45, 7) is 0.803. The Morgan fingerprint density at radius 3 is 2.37 bits per heavy atom. The topological polar surface area (TPSA) is 304 Å². The monoisotopic (exact) mass is 1070 g/mol. The maximum Gasteiger partial charge on any atom is 0.407 e. The van der Waals surface area contributed by atoms with E-state index in [-0.39, 0.29) is 52.4 Å². The Bertz CT molecular complexity index is 3120. The fraction of sp³-hybridized carbons (Fsp3) is 0.392. The van der Waals surface area contributed by atoms with Crippen LogP contribution in [0.4, 0.5) is 9.18 Å². The molecule has 3 atom stereocenters. The highest BCUT2D eigenvalue weighted by Gasteiger charge is 2.45. The summed E-state index contributed by atoms with van der Waals surface area (Å²) in [5.74, 6) is -5.52. The summed E-state index contributed by atoms with van der Waals surface area (Å²) in [4.78, 5) is 119. The normalized spacial score (nSPS) is 17.2. The number of aryl methyl sites for hydroxylation is 1. The maximum absolute atomic E-state index is 15.4. The molecule has 0 bridgehead atoms. The number of alkyl carbamates (subject to hydrolysis) is 1. The first-order chi connectivity index (χ1) is 36.5. The first-order valence-corrected chi connectivity index (χ1v) is 24.7. The van der Waals surface area contributed by atoms with Gasteiger partial charge in [-0.25, -0.2) is 19.0 Å². The van der Waals surface area contributed by atoms with Gasteiger partial charge in [-0.3, -0.25) is 38.5 Å². The molecule has 23 nitrogen and oxygen atoms in total. The van der Waals surface area contributed by atoms with Crippen LogP contribution < -0.4 is 31.9 Å². The van der Waals surface area contributed by atoms with Crippen LogP contribution in [0, 0.1) is 17.4 Å². The number of hydrogen-bond acceptors (Lipinski definition) is 16. The number of imide groups is 1. The van der Waals surface area contributed by atoms with Crippen LogP contribution in [0.15, 0.2) is 54.6 Å². The minimum atomic E-state index is -1.92. The van der Waals surface area contributed by atoms with Crippen molar-refractivity contribution < 1.29 is 71.6 Å². The molecule has 1 unspecified atom stereocenters. The van der Waals surface area contributed by atoms with Crippen molar-refractivity contribution in [2.45, 2.75) is 70.4 Å². The van der Waals surface area contributed by atoms with Gasteiger partial charge in [0, 0.05) is 46.7 Å². The van der Waals surface area contributed by atoms with Crippen molar-refractivity contribution in [1.29, 1.82) is 0 Å². The van der Waals surface area contributed by atoms with Crippen LogP contribution in [-0.4, -0.2) is 138 Å². The van der Waals surface area contributed by atoms with Gasteiger partial charge >= 0.3 is 12.1 Å². The van der Waals surface area contributed by atoms with E-state index in [0.717, 1.165) is 33.7 Å². The van der Waals surface area contributed by atoms with Crippen LogP contribution in [0.2, 0.25) is 0 Å². The molecular formula is C51H54FN9O14S. The highest BCUT2D eigenvalue weighted by atomic mass is 32.1. The van der Waals surface area contributed by atoms with E-state index in [2.05, 4.69) is 31.9 Å². The summed E-state index contributed by atoms with van der Waals surface area (Å²) in [6.07, 6.45) is 2.26. The molecule has 0 saturated heterocycles. The molecule has 1 aliphatic carbocycles. The zero-order chi connectivity index (χ0) is 54.3. The third-order valence-corrected chi connectivity index (χ3v) is 13.8. The Kier molecular flexibility index (Phi) is 16.9. The molecule has 0 fully saturated rings. The van der Waals surface area contributed by atoms with Gasteiger partial charge < -0.3 is 60.5 Å². The number of aromatic nitrogens is 2. The van der Waals surface area contributed by atoms with E-state index in [0.29, 0.717) is 62.0 Å². The zero-order valence-corrected chi connectivity index (χ0v) is 42.2. The average molecular weight is 1070 g/mol. The Morgan fingerprint density at radius 1 is 0.895 bits per heavy atom.